The smallest absolute Gasteiger partial charge is 0.410 e. The van der Waals surface area contributed by atoms with Gasteiger partial charge in [0, 0.05) is 19.1 Å². The molecule has 1 fully saturated rings. The number of para-hydroxylation sites is 2. The van der Waals surface area contributed by atoms with E-state index in [9.17, 15) is 4.79 Å². The fourth-order valence-corrected chi connectivity index (χ4v) is 2.68. The number of likely N-dealkylation sites (tertiary alicyclic amines) is 1. The van der Waals surface area contributed by atoms with Crippen LogP contribution < -0.4 is 11.1 Å². The molecule has 2 aromatic rings. The molecule has 0 aliphatic carbocycles. The lowest BCUT2D eigenvalue weighted by Crippen LogP contribution is -2.36. The highest BCUT2D eigenvalue weighted by atomic mass is 16.6. The quantitative estimate of drug-likeness (QED) is 0.880. The van der Waals surface area contributed by atoms with Gasteiger partial charge in [-0.1, -0.05) is 12.1 Å². The molecule has 24 heavy (non-hydrogen) atoms. The highest BCUT2D eigenvalue weighted by Crippen LogP contribution is 2.22. The third-order valence-electron chi connectivity index (χ3n) is 3.78. The molecule has 7 nitrogen and oxygen atoms in total. The van der Waals surface area contributed by atoms with Crippen molar-refractivity contribution in [2.45, 2.75) is 38.8 Å². The number of carbonyl (C=O) groups is 1. The summed E-state index contributed by atoms with van der Waals surface area (Å²) in [6.45, 7) is 6.79. The van der Waals surface area contributed by atoms with Crippen LogP contribution in [0.1, 0.15) is 27.2 Å². The summed E-state index contributed by atoms with van der Waals surface area (Å²) in [5.41, 5.74) is 7.07. The van der Waals surface area contributed by atoms with Crippen molar-refractivity contribution in [1.82, 2.24) is 14.9 Å². The van der Waals surface area contributed by atoms with Crippen molar-refractivity contribution in [3.63, 3.8) is 0 Å². The highest BCUT2D eigenvalue weighted by Gasteiger charge is 2.30. The molecule has 1 atom stereocenters. The third kappa shape index (κ3) is 3.67. The summed E-state index contributed by atoms with van der Waals surface area (Å²) in [5, 5.41) is 3.30. The van der Waals surface area contributed by atoms with Crippen molar-refractivity contribution in [1.29, 1.82) is 0 Å². The molecular formula is C17H23N5O2. The second-order valence-corrected chi connectivity index (χ2v) is 7.00. The zero-order valence-corrected chi connectivity index (χ0v) is 14.2. The first-order valence-corrected chi connectivity index (χ1v) is 8.08. The molecule has 7 heteroatoms. The van der Waals surface area contributed by atoms with Gasteiger partial charge in [-0.2, -0.15) is 0 Å². The Bertz CT molecular complexity index is 756. The number of anilines is 2. The van der Waals surface area contributed by atoms with Crippen LogP contribution in [0.4, 0.5) is 16.4 Å². The van der Waals surface area contributed by atoms with Gasteiger partial charge in [-0.25, -0.2) is 14.8 Å². The largest absolute Gasteiger partial charge is 0.444 e. The van der Waals surface area contributed by atoms with E-state index >= 15 is 0 Å². The van der Waals surface area contributed by atoms with Crippen LogP contribution in [0, 0.1) is 0 Å². The molecule has 1 aromatic heterocycles. The van der Waals surface area contributed by atoms with Crippen LogP contribution in [0.15, 0.2) is 24.3 Å². The van der Waals surface area contributed by atoms with E-state index in [4.69, 9.17) is 10.5 Å². The standard InChI is InChI=1S/C17H23N5O2/c1-17(2,3)24-16(23)22-9-8-11(10-22)19-15-14(18)20-12-6-4-5-7-13(12)21-15/h4-7,11H,8-10H2,1-3H3,(H2,18,20)(H,19,21)/t11-/m0/s1. The average molecular weight is 329 g/mol. The van der Waals surface area contributed by atoms with Gasteiger partial charge in [-0.3, -0.25) is 0 Å². The highest BCUT2D eigenvalue weighted by molar-refractivity contribution is 5.79. The summed E-state index contributed by atoms with van der Waals surface area (Å²) >= 11 is 0. The Morgan fingerprint density at radius 1 is 1.29 bits per heavy atom. The number of benzene rings is 1. The number of ether oxygens (including phenoxy) is 1. The number of amides is 1. The van der Waals surface area contributed by atoms with Gasteiger partial charge in [0.25, 0.3) is 0 Å². The van der Waals surface area contributed by atoms with E-state index in [1.165, 1.54) is 0 Å². The second kappa shape index (κ2) is 6.14. The molecule has 0 radical (unpaired) electrons. The zero-order chi connectivity index (χ0) is 17.3. The molecular weight excluding hydrogens is 306 g/mol. The van der Waals surface area contributed by atoms with E-state index in [1.54, 1.807) is 4.90 Å². The van der Waals surface area contributed by atoms with Gasteiger partial charge in [-0.05, 0) is 39.3 Å². The molecule has 0 bridgehead atoms. The van der Waals surface area contributed by atoms with Gasteiger partial charge < -0.3 is 20.7 Å². The van der Waals surface area contributed by atoms with Crippen LogP contribution in [0.5, 0.6) is 0 Å². The molecule has 1 amide bonds. The van der Waals surface area contributed by atoms with Crippen molar-refractivity contribution in [3.8, 4) is 0 Å². The Hall–Kier alpha value is -2.57. The van der Waals surface area contributed by atoms with E-state index in [0.717, 1.165) is 17.5 Å². The predicted octanol–water partition coefficient (Wildman–Crippen LogP) is 2.63. The minimum Gasteiger partial charge on any atom is -0.444 e. The maximum Gasteiger partial charge on any atom is 0.410 e. The van der Waals surface area contributed by atoms with Crippen LogP contribution in [0.3, 0.4) is 0 Å². The third-order valence-corrected chi connectivity index (χ3v) is 3.78. The van der Waals surface area contributed by atoms with Gasteiger partial charge in [0.15, 0.2) is 11.6 Å². The molecule has 0 spiro atoms. The van der Waals surface area contributed by atoms with E-state index in [2.05, 4.69) is 15.3 Å². The van der Waals surface area contributed by atoms with Crippen LogP contribution >= 0.6 is 0 Å². The van der Waals surface area contributed by atoms with Crippen molar-refractivity contribution in [3.05, 3.63) is 24.3 Å². The molecule has 2 heterocycles. The fraction of sp³-hybridized carbons (Fsp3) is 0.471. The summed E-state index contributed by atoms with van der Waals surface area (Å²) in [5.74, 6) is 0.925. The molecule has 0 unspecified atom stereocenters. The predicted molar refractivity (Wildman–Crippen MR) is 93.8 cm³/mol. The van der Waals surface area contributed by atoms with Gasteiger partial charge >= 0.3 is 6.09 Å². The number of nitrogens with one attached hydrogen (secondary N) is 1. The summed E-state index contributed by atoms with van der Waals surface area (Å²) in [4.78, 5) is 22.7. The first-order valence-electron chi connectivity index (χ1n) is 8.08. The fourth-order valence-electron chi connectivity index (χ4n) is 2.68. The monoisotopic (exact) mass is 329 g/mol. The molecule has 1 aliphatic heterocycles. The zero-order valence-electron chi connectivity index (χ0n) is 14.2. The first-order chi connectivity index (χ1) is 11.3. The Labute approximate surface area is 141 Å². The minimum absolute atomic E-state index is 0.0790. The molecule has 3 N–H and O–H groups in total. The van der Waals surface area contributed by atoms with E-state index in [-0.39, 0.29) is 12.1 Å². The minimum atomic E-state index is -0.489. The SMILES string of the molecule is CC(C)(C)OC(=O)N1CC[C@H](Nc2nc3ccccc3nc2N)C1. The summed E-state index contributed by atoms with van der Waals surface area (Å²) in [6.07, 6.45) is 0.525. The van der Waals surface area contributed by atoms with Crippen LogP contribution in [-0.4, -0.2) is 45.7 Å². The van der Waals surface area contributed by atoms with Crippen molar-refractivity contribution in [2.24, 2.45) is 0 Å². The van der Waals surface area contributed by atoms with E-state index in [0.29, 0.717) is 24.7 Å². The molecule has 1 aromatic carbocycles. The van der Waals surface area contributed by atoms with Crippen molar-refractivity contribution >= 4 is 28.8 Å². The normalized spacial score (nSPS) is 18.0. The van der Waals surface area contributed by atoms with E-state index < -0.39 is 5.60 Å². The molecule has 128 valence electrons. The van der Waals surface area contributed by atoms with Crippen molar-refractivity contribution < 1.29 is 9.53 Å². The molecule has 3 rings (SSSR count). The Kier molecular flexibility index (Phi) is 4.17. The number of aromatic nitrogens is 2. The number of nitrogens with two attached hydrogens (primary N) is 1. The van der Waals surface area contributed by atoms with Crippen molar-refractivity contribution in [2.75, 3.05) is 24.1 Å². The number of nitrogen functional groups attached to an aromatic ring is 1. The molecule has 0 saturated carbocycles. The van der Waals surface area contributed by atoms with Gasteiger partial charge in [0.2, 0.25) is 0 Å². The van der Waals surface area contributed by atoms with Gasteiger partial charge in [-0.15, -0.1) is 0 Å². The van der Waals surface area contributed by atoms with E-state index in [1.807, 2.05) is 45.0 Å². The Morgan fingerprint density at radius 2 is 1.96 bits per heavy atom. The Morgan fingerprint density at radius 3 is 2.62 bits per heavy atom. The summed E-state index contributed by atoms with van der Waals surface area (Å²) in [6, 6.07) is 7.67. The summed E-state index contributed by atoms with van der Waals surface area (Å²) in [7, 11) is 0. The second-order valence-electron chi connectivity index (χ2n) is 7.00. The average Bonchev–Trinajstić information content (AvgIpc) is 2.95. The lowest BCUT2D eigenvalue weighted by Gasteiger charge is -2.24. The van der Waals surface area contributed by atoms with Gasteiger partial charge in [0.1, 0.15) is 5.60 Å². The maximum absolute atomic E-state index is 12.1. The number of nitrogens with zero attached hydrogens (tertiary/aromatic N) is 3. The summed E-state index contributed by atoms with van der Waals surface area (Å²) < 4.78 is 5.41. The first kappa shape index (κ1) is 16.3. The maximum atomic E-state index is 12.1. The number of hydrogen-bond donors (Lipinski definition) is 2. The van der Waals surface area contributed by atoms with Crippen LogP contribution in [0.2, 0.25) is 0 Å². The number of fused-ring (bicyclic) bond motifs is 1. The number of rotatable bonds is 2. The van der Waals surface area contributed by atoms with Crippen LogP contribution in [0.25, 0.3) is 11.0 Å². The van der Waals surface area contributed by atoms with Gasteiger partial charge in [0.05, 0.1) is 11.0 Å². The number of hydrogen-bond acceptors (Lipinski definition) is 6. The van der Waals surface area contributed by atoms with Crippen LogP contribution in [-0.2, 0) is 4.74 Å². The molecule has 1 aliphatic rings. The molecule has 1 saturated heterocycles. The number of carbonyl (C=O) groups excluding carboxylic acids is 1. The lowest BCUT2D eigenvalue weighted by atomic mass is 10.2. The Balaban J connectivity index is 1.67. The topological polar surface area (TPSA) is 93.4 Å². The lowest BCUT2D eigenvalue weighted by molar-refractivity contribution is 0.0293.